The van der Waals surface area contributed by atoms with E-state index in [1.165, 1.54) is 0 Å². The molecule has 1 aliphatic heterocycles. The highest BCUT2D eigenvalue weighted by molar-refractivity contribution is 9.10. The summed E-state index contributed by atoms with van der Waals surface area (Å²) in [5, 5.41) is 6.35. The Morgan fingerprint density at radius 3 is 2.80 bits per heavy atom. The second-order valence-electron chi connectivity index (χ2n) is 5.72. The minimum atomic E-state index is -0.463. The number of carbonyl (C=O) groups is 1. The van der Waals surface area contributed by atoms with Crippen molar-refractivity contribution in [2.45, 2.75) is 12.5 Å². The van der Waals surface area contributed by atoms with Crippen molar-refractivity contribution in [2.24, 2.45) is 5.73 Å². The Morgan fingerprint density at radius 2 is 2.16 bits per heavy atom. The largest absolute Gasteiger partial charge is 0.372 e. The van der Waals surface area contributed by atoms with Gasteiger partial charge in [0, 0.05) is 24.0 Å². The number of hydrogen-bond donors (Lipinski definition) is 3. The molecule has 1 aromatic carbocycles. The number of nitrogens with two attached hydrogens (primary N) is 1. The molecule has 1 aliphatic rings. The van der Waals surface area contributed by atoms with Gasteiger partial charge in [-0.1, -0.05) is 6.58 Å². The molecule has 2 aromatic rings. The zero-order valence-electron chi connectivity index (χ0n) is 13.5. The number of hydrogen-bond acceptors (Lipinski definition) is 6. The van der Waals surface area contributed by atoms with Crippen LogP contribution in [0.15, 0.2) is 47.1 Å². The van der Waals surface area contributed by atoms with Gasteiger partial charge < -0.3 is 21.1 Å². The first-order chi connectivity index (χ1) is 12.0. The van der Waals surface area contributed by atoms with Gasteiger partial charge in [-0.25, -0.2) is 4.98 Å². The van der Waals surface area contributed by atoms with Crippen LogP contribution in [0.2, 0.25) is 0 Å². The van der Waals surface area contributed by atoms with E-state index < -0.39 is 5.91 Å². The van der Waals surface area contributed by atoms with Crippen molar-refractivity contribution in [3.05, 3.63) is 52.7 Å². The SMILES string of the molecule is C=C1COC(CNc2nc(Nc3ccc(C(N)=O)cc3)ncc2Br)C1. The Bertz CT molecular complexity index is 794. The molecule has 0 spiro atoms. The third-order valence-electron chi connectivity index (χ3n) is 3.71. The van der Waals surface area contributed by atoms with Crippen LogP contribution in [0.1, 0.15) is 16.8 Å². The van der Waals surface area contributed by atoms with E-state index in [-0.39, 0.29) is 6.10 Å². The molecule has 8 heteroatoms. The van der Waals surface area contributed by atoms with Gasteiger partial charge in [-0.15, -0.1) is 0 Å². The maximum absolute atomic E-state index is 11.1. The average molecular weight is 404 g/mol. The summed E-state index contributed by atoms with van der Waals surface area (Å²) in [6, 6.07) is 6.78. The Labute approximate surface area is 153 Å². The molecule has 130 valence electrons. The predicted molar refractivity (Wildman–Crippen MR) is 100.0 cm³/mol. The van der Waals surface area contributed by atoms with E-state index in [0.29, 0.717) is 30.5 Å². The van der Waals surface area contributed by atoms with Crippen LogP contribution in [0, 0.1) is 0 Å². The second-order valence-corrected chi connectivity index (χ2v) is 6.58. The van der Waals surface area contributed by atoms with E-state index >= 15 is 0 Å². The van der Waals surface area contributed by atoms with Gasteiger partial charge in [0.15, 0.2) is 0 Å². The van der Waals surface area contributed by atoms with Gasteiger partial charge in [-0.2, -0.15) is 4.98 Å². The zero-order chi connectivity index (χ0) is 17.8. The van der Waals surface area contributed by atoms with Crippen molar-refractivity contribution in [2.75, 3.05) is 23.8 Å². The lowest BCUT2D eigenvalue weighted by atomic mass is 10.2. The number of nitrogens with zero attached hydrogens (tertiary/aromatic N) is 2. The molecule has 1 unspecified atom stereocenters. The quantitative estimate of drug-likeness (QED) is 0.640. The lowest BCUT2D eigenvalue weighted by Crippen LogP contribution is -2.19. The number of rotatable bonds is 6. The molecule has 0 bridgehead atoms. The molecular formula is C17H18BrN5O2. The van der Waals surface area contributed by atoms with Crippen molar-refractivity contribution in [3.63, 3.8) is 0 Å². The van der Waals surface area contributed by atoms with Gasteiger partial charge in [-0.3, -0.25) is 4.79 Å². The molecular weight excluding hydrogens is 386 g/mol. The first-order valence-electron chi connectivity index (χ1n) is 7.73. The summed E-state index contributed by atoms with van der Waals surface area (Å²) in [5.74, 6) is 0.649. The molecule has 1 fully saturated rings. The van der Waals surface area contributed by atoms with Gasteiger partial charge >= 0.3 is 0 Å². The van der Waals surface area contributed by atoms with Crippen molar-refractivity contribution in [3.8, 4) is 0 Å². The standard InChI is InChI=1S/C17H18BrN5O2/c1-10-6-13(25-9-10)7-20-16-14(18)8-21-17(23-16)22-12-4-2-11(3-5-12)15(19)24/h2-5,8,13H,1,6-7,9H2,(H2,19,24)(H2,20,21,22,23). The third kappa shape index (κ3) is 4.55. The van der Waals surface area contributed by atoms with E-state index in [0.717, 1.165) is 22.2 Å². The minimum absolute atomic E-state index is 0.104. The predicted octanol–water partition coefficient (Wildman–Crippen LogP) is 2.84. The third-order valence-corrected chi connectivity index (χ3v) is 4.29. The van der Waals surface area contributed by atoms with E-state index in [4.69, 9.17) is 10.5 Å². The highest BCUT2D eigenvalue weighted by Crippen LogP contribution is 2.23. The molecule has 3 rings (SSSR count). The van der Waals surface area contributed by atoms with Gasteiger partial charge in [0.05, 0.1) is 17.2 Å². The summed E-state index contributed by atoms with van der Waals surface area (Å²) in [5.41, 5.74) is 7.55. The lowest BCUT2D eigenvalue weighted by molar-refractivity contribution is 0.100. The van der Waals surface area contributed by atoms with E-state index in [1.807, 2.05) is 0 Å². The van der Waals surface area contributed by atoms with Crippen LogP contribution in [-0.2, 0) is 4.74 Å². The summed E-state index contributed by atoms with van der Waals surface area (Å²) in [6.07, 6.45) is 2.63. The first kappa shape index (κ1) is 17.4. The highest BCUT2D eigenvalue weighted by atomic mass is 79.9. The van der Waals surface area contributed by atoms with Crippen LogP contribution in [0.4, 0.5) is 17.5 Å². The number of nitrogens with one attached hydrogen (secondary N) is 2. The van der Waals surface area contributed by atoms with Gasteiger partial charge in [-0.05, 0) is 52.2 Å². The summed E-state index contributed by atoms with van der Waals surface area (Å²) < 4.78 is 6.37. The molecule has 1 amide bonds. The van der Waals surface area contributed by atoms with E-state index in [1.54, 1.807) is 30.5 Å². The number of primary amides is 1. The number of aromatic nitrogens is 2. The monoisotopic (exact) mass is 403 g/mol. The molecule has 1 atom stereocenters. The van der Waals surface area contributed by atoms with Gasteiger partial charge in [0.25, 0.3) is 0 Å². The maximum Gasteiger partial charge on any atom is 0.248 e. The number of anilines is 3. The number of amides is 1. The number of benzene rings is 1. The van der Waals surface area contributed by atoms with Crippen molar-refractivity contribution in [1.82, 2.24) is 9.97 Å². The molecule has 2 heterocycles. The molecule has 1 saturated heterocycles. The number of ether oxygens (including phenoxy) is 1. The molecule has 0 saturated carbocycles. The minimum Gasteiger partial charge on any atom is -0.372 e. The Balaban J connectivity index is 1.66. The Morgan fingerprint density at radius 1 is 1.40 bits per heavy atom. The summed E-state index contributed by atoms with van der Waals surface area (Å²) in [7, 11) is 0. The highest BCUT2D eigenvalue weighted by Gasteiger charge is 2.19. The van der Waals surface area contributed by atoms with Crippen LogP contribution < -0.4 is 16.4 Å². The molecule has 4 N–H and O–H groups in total. The van der Waals surface area contributed by atoms with Gasteiger partial charge in [0.1, 0.15) is 5.82 Å². The van der Waals surface area contributed by atoms with Crippen LogP contribution in [0.3, 0.4) is 0 Å². The first-order valence-corrected chi connectivity index (χ1v) is 8.52. The van der Waals surface area contributed by atoms with Crippen LogP contribution >= 0.6 is 15.9 Å². The van der Waals surface area contributed by atoms with Gasteiger partial charge in [0.2, 0.25) is 11.9 Å². The second kappa shape index (κ2) is 7.62. The lowest BCUT2D eigenvalue weighted by Gasteiger charge is -2.13. The van der Waals surface area contributed by atoms with Crippen LogP contribution in [0.25, 0.3) is 0 Å². The summed E-state index contributed by atoms with van der Waals surface area (Å²) >= 11 is 3.44. The maximum atomic E-state index is 11.1. The topological polar surface area (TPSA) is 102 Å². The number of carbonyl (C=O) groups excluding carboxylic acids is 1. The van der Waals surface area contributed by atoms with E-state index in [2.05, 4.69) is 43.1 Å². The fourth-order valence-corrected chi connectivity index (χ4v) is 2.75. The van der Waals surface area contributed by atoms with Crippen molar-refractivity contribution >= 4 is 39.3 Å². The smallest absolute Gasteiger partial charge is 0.248 e. The zero-order valence-corrected chi connectivity index (χ0v) is 15.0. The molecule has 25 heavy (non-hydrogen) atoms. The molecule has 7 nitrogen and oxygen atoms in total. The normalized spacial score (nSPS) is 16.7. The molecule has 1 aromatic heterocycles. The fourth-order valence-electron chi connectivity index (χ4n) is 2.42. The Hall–Kier alpha value is -2.45. The summed E-state index contributed by atoms with van der Waals surface area (Å²) in [4.78, 5) is 19.8. The molecule has 0 radical (unpaired) electrons. The number of halogens is 1. The Kier molecular flexibility index (Phi) is 5.30. The average Bonchev–Trinajstić information content (AvgIpc) is 3.01. The van der Waals surface area contributed by atoms with E-state index in [9.17, 15) is 4.79 Å². The van der Waals surface area contributed by atoms with Crippen LogP contribution in [-0.4, -0.2) is 35.1 Å². The van der Waals surface area contributed by atoms with Crippen molar-refractivity contribution < 1.29 is 9.53 Å². The van der Waals surface area contributed by atoms with Crippen molar-refractivity contribution in [1.29, 1.82) is 0 Å². The fraction of sp³-hybridized carbons (Fsp3) is 0.235. The summed E-state index contributed by atoms with van der Waals surface area (Å²) in [6.45, 7) is 5.19. The molecule has 0 aliphatic carbocycles. The van der Waals surface area contributed by atoms with Crippen LogP contribution in [0.5, 0.6) is 0 Å².